The first-order chi connectivity index (χ1) is 14.2. The van der Waals surface area contributed by atoms with Crippen LogP contribution in [-0.4, -0.2) is 72.4 Å². The average molecular weight is 396 g/mol. The van der Waals surface area contributed by atoms with Gasteiger partial charge >= 0.3 is 0 Å². The van der Waals surface area contributed by atoms with Gasteiger partial charge in [-0.05, 0) is 49.8 Å². The summed E-state index contributed by atoms with van der Waals surface area (Å²) in [6.07, 6.45) is 4.05. The normalized spacial score (nSPS) is 15.1. The van der Waals surface area contributed by atoms with E-state index in [0.717, 1.165) is 45.7 Å². The molecule has 0 bridgehead atoms. The van der Waals surface area contributed by atoms with E-state index >= 15 is 0 Å². The van der Waals surface area contributed by atoms with Crippen LogP contribution in [0.5, 0.6) is 0 Å². The van der Waals surface area contributed by atoms with Crippen molar-refractivity contribution in [1.29, 1.82) is 0 Å². The van der Waals surface area contributed by atoms with Gasteiger partial charge in [-0.3, -0.25) is 14.6 Å². The fourth-order valence-corrected chi connectivity index (χ4v) is 3.37. The summed E-state index contributed by atoms with van der Waals surface area (Å²) in [4.78, 5) is 33.5. The highest BCUT2D eigenvalue weighted by molar-refractivity contribution is 6.04. The molecule has 0 aliphatic carbocycles. The number of hydrogen-bond donors (Lipinski definition) is 2. The van der Waals surface area contributed by atoms with Gasteiger partial charge in [0.05, 0.1) is 5.56 Å². The zero-order valence-electron chi connectivity index (χ0n) is 16.9. The van der Waals surface area contributed by atoms with Gasteiger partial charge in [-0.1, -0.05) is 13.0 Å². The molecule has 0 atom stereocenters. The SMILES string of the molecule is CCN1CCN(CCCNC(=O)c2cccc(NC(=O)c3cccnc3)c2)CC1. The fraction of sp³-hybridized carbons (Fsp3) is 0.409. The number of likely N-dealkylation sites (N-methyl/N-ethyl adjacent to an activating group) is 1. The average Bonchev–Trinajstić information content (AvgIpc) is 2.77. The topological polar surface area (TPSA) is 77.6 Å². The maximum atomic E-state index is 12.4. The summed E-state index contributed by atoms with van der Waals surface area (Å²) in [5.74, 6) is -0.378. The van der Waals surface area contributed by atoms with Crippen LogP contribution < -0.4 is 10.6 Å². The molecule has 7 nitrogen and oxygen atoms in total. The van der Waals surface area contributed by atoms with Gasteiger partial charge in [0.15, 0.2) is 0 Å². The minimum atomic E-state index is -0.251. The van der Waals surface area contributed by atoms with Crippen molar-refractivity contribution in [3.63, 3.8) is 0 Å². The molecule has 3 rings (SSSR count). The number of anilines is 1. The Kier molecular flexibility index (Phi) is 7.72. The smallest absolute Gasteiger partial charge is 0.257 e. The highest BCUT2D eigenvalue weighted by Gasteiger charge is 2.15. The molecule has 7 heteroatoms. The van der Waals surface area contributed by atoms with Gasteiger partial charge in [0.25, 0.3) is 11.8 Å². The standard InChI is InChI=1S/C22H29N5O2/c1-2-26-12-14-27(15-13-26)11-5-10-24-21(28)18-6-3-8-20(16-18)25-22(29)19-7-4-9-23-17-19/h3-4,6-9,16-17H,2,5,10-15H2,1H3,(H,24,28)(H,25,29). The molecule has 1 aromatic carbocycles. The molecule has 2 N–H and O–H groups in total. The van der Waals surface area contributed by atoms with E-state index < -0.39 is 0 Å². The molecule has 2 heterocycles. The van der Waals surface area contributed by atoms with Crippen molar-refractivity contribution in [2.75, 3.05) is 51.1 Å². The second-order valence-corrected chi connectivity index (χ2v) is 7.16. The van der Waals surface area contributed by atoms with Crippen LogP contribution in [0.4, 0.5) is 5.69 Å². The van der Waals surface area contributed by atoms with E-state index in [-0.39, 0.29) is 11.8 Å². The maximum absolute atomic E-state index is 12.4. The Hall–Kier alpha value is -2.77. The van der Waals surface area contributed by atoms with E-state index in [4.69, 9.17) is 0 Å². The van der Waals surface area contributed by atoms with Crippen molar-refractivity contribution in [3.05, 3.63) is 59.9 Å². The second kappa shape index (κ2) is 10.7. The summed E-state index contributed by atoms with van der Waals surface area (Å²) in [6, 6.07) is 10.4. The number of nitrogens with one attached hydrogen (secondary N) is 2. The molecular weight excluding hydrogens is 366 g/mol. The monoisotopic (exact) mass is 395 g/mol. The molecule has 1 aromatic heterocycles. The number of aromatic nitrogens is 1. The number of benzene rings is 1. The minimum absolute atomic E-state index is 0.127. The Bertz CT molecular complexity index is 804. The van der Waals surface area contributed by atoms with Crippen LogP contribution in [0.25, 0.3) is 0 Å². The lowest BCUT2D eigenvalue weighted by atomic mass is 10.1. The van der Waals surface area contributed by atoms with E-state index in [9.17, 15) is 9.59 Å². The Balaban J connectivity index is 1.43. The molecule has 1 saturated heterocycles. The van der Waals surface area contributed by atoms with Gasteiger partial charge in [0.2, 0.25) is 0 Å². The summed E-state index contributed by atoms with van der Waals surface area (Å²) < 4.78 is 0. The van der Waals surface area contributed by atoms with Gasteiger partial charge in [-0.15, -0.1) is 0 Å². The van der Waals surface area contributed by atoms with Crippen LogP contribution >= 0.6 is 0 Å². The zero-order chi connectivity index (χ0) is 20.5. The predicted molar refractivity (Wildman–Crippen MR) is 114 cm³/mol. The van der Waals surface area contributed by atoms with Crippen LogP contribution in [0, 0.1) is 0 Å². The Morgan fingerprint density at radius 3 is 2.48 bits per heavy atom. The van der Waals surface area contributed by atoms with E-state index in [1.54, 1.807) is 42.6 Å². The van der Waals surface area contributed by atoms with Crippen molar-refractivity contribution >= 4 is 17.5 Å². The summed E-state index contributed by atoms with van der Waals surface area (Å²) in [7, 11) is 0. The first-order valence-corrected chi connectivity index (χ1v) is 10.2. The lowest BCUT2D eigenvalue weighted by molar-refractivity contribution is 0.0947. The summed E-state index contributed by atoms with van der Waals surface area (Å²) in [6.45, 7) is 9.40. The number of carbonyl (C=O) groups is 2. The first kappa shape index (κ1) is 21.0. The van der Waals surface area contributed by atoms with Crippen molar-refractivity contribution in [1.82, 2.24) is 20.1 Å². The highest BCUT2D eigenvalue weighted by atomic mass is 16.2. The Morgan fingerprint density at radius 2 is 1.76 bits per heavy atom. The number of hydrogen-bond acceptors (Lipinski definition) is 5. The molecule has 2 amide bonds. The molecule has 1 aliphatic heterocycles. The summed E-state index contributed by atoms with van der Waals surface area (Å²) >= 11 is 0. The first-order valence-electron chi connectivity index (χ1n) is 10.2. The van der Waals surface area contributed by atoms with Gasteiger partial charge in [0.1, 0.15) is 0 Å². The molecule has 2 aromatic rings. The third-order valence-corrected chi connectivity index (χ3v) is 5.16. The van der Waals surface area contributed by atoms with E-state index in [1.807, 2.05) is 0 Å². The largest absolute Gasteiger partial charge is 0.352 e. The van der Waals surface area contributed by atoms with Crippen molar-refractivity contribution in [3.8, 4) is 0 Å². The molecule has 154 valence electrons. The number of amides is 2. The third kappa shape index (κ3) is 6.37. The van der Waals surface area contributed by atoms with Crippen molar-refractivity contribution in [2.24, 2.45) is 0 Å². The predicted octanol–water partition coefficient (Wildman–Crippen LogP) is 2.09. The lowest BCUT2D eigenvalue weighted by Gasteiger charge is -2.33. The minimum Gasteiger partial charge on any atom is -0.352 e. The zero-order valence-corrected chi connectivity index (χ0v) is 16.9. The number of rotatable bonds is 8. The second-order valence-electron chi connectivity index (χ2n) is 7.16. The quantitative estimate of drug-likeness (QED) is 0.670. The van der Waals surface area contributed by atoms with E-state index in [2.05, 4.69) is 32.3 Å². The molecular formula is C22H29N5O2. The van der Waals surface area contributed by atoms with Crippen LogP contribution in [-0.2, 0) is 0 Å². The van der Waals surface area contributed by atoms with Crippen LogP contribution in [0.2, 0.25) is 0 Å². The van der Waals surface area contributed by atoms with Crippen LogP contribution in [0.3, 0.4) is 0 Å². The molecule has 0 spiro atoms. The summed E-state index contributed by atoms with van der Waals surface area (Å²) in [5, 5.41) is 5.77. The highest BCUT2D eigenvalue weighted by Crippen LogP contribution is 2.12. The van der Waals surface area contributed by atoms with Crippen molar-refractivity contribution in [2.45, 2.75) is 13.3 Å². The number of piperazine rings is 1. The molecule has 0 saturated carbocycles. The van der Waals surface area contributed by atoms with Crippen LogP contribution in [0.1, 0.15) is 34.1 Å². The van der Waals surface area contributed by atoms with E-state index in [0.29, 0.717) is 23.4 Å². The van der Waals surface area contributed by atoms with Gasteiger partial charge in [0, 0.05) is 56.4 Å². The molecule has 0 radical (unpaired) electrons. The van der Waals surface area contributed by atoms with Gasteiger partial charge < -0.3 is 20.4 Å². The lowest BCUT2D eigenvalue weighted by Crippen LogP contribution is -2.46. The number of nitrogens with zero attached hydrogens (tertiary/aromatic N) is 3. The molecule has 1 fully saturated rings. The Morgan fingerprint density at radius 1 is 1.00 bits per heavy atom. The van der Waals surface area contributed by atoms with Crippen LogP contribution in [0.15, 0.2) is 48.8 Å². The third-order valence-electron chi connectivity index (χ3n) is 5.16. The molecule has 1 aliphatic rings. The van der Waals surface area contributed by atoms with E-state index in [1.165, 1.54) is 6.20 Å². The number of pyridine rings is 1. The fourth-order valence-electron chi connectivity index (χ4n) is 3.37. The number of carbonyl (C=O) groups excluding carboxylic acids is 2. The van der Waals surface area contributed by atoms with Crippen molar-refractivity contribution < 1.29 is 9.59 Å². The maximum Gasteiger partial charge on any atom is 0.257 e. The van der Waals surface area contributed by atoms with Gasteiger partial charge in [-0.2, -0.15) is 0 Å². The molecule has 0 unspecified atom stereocenters. The van der Waals surface area contributed by atoms with Gasteiger partial charge in [-0.25, -0.2) is 0 Å². The molecule has 29 heavy (non-hydrogen) atoms. The Labute approximate surface area is 172 Å². The summed E-state index contributed by atoms with van der Waals surface area (Å²) in [5.41, 5.74) is 1.59.